The van der Waals surface area contributed by atoms with Crippen molar-refractivity contribution in [1.82, 2.24) is 0 Å². The second-order valence-electron chi connectivity index (χ2n) is 6.60. The molecule has 0 bridgehead atoms. The van der Waals surface area contributed by atoms with E-state index in [4.69, 9.17) is 5.26 Å². The van der Waals surface area contributed by atoms with Crippen LogP contribution < -0.4 is 5.32 Å². The lowest BCUT2D eigenvalue weighted by molar-refractivity contribution is -0.348. The van der Waals surface area contributed by atoms with E-state index < -0.39 is 40.9 Å². The number of anilines is 1. The molecule has 0 aliphatic rings. The highest BCUT2D eigenvalue weighted by Gasteiger charge is 2.73. The van der Waals surface area contributed by atoms with Gasteiger partial charge in [0, 0.05) is 11.3 Å². The van der Waals surface area contributed by atoms with Crippen LogP contribution in [0.2, 0.25) is 0 Å². The Morgan fingerprint density at radius 3 is 2.06 bits per heavy atom. The van der Waals surface area contributed by atoms with E-state index in [2.05, 4.69) is 5.32 Å². The van der Waals surface area contributed by atoms with Crippen LogP contribution in [0.3, 0.4) is 0 Å². The van der Waals surface area contributed by atoms with Crippen molar-refractivity contribution < 1.29 is 39.9 Å². The van der Waals surface area contributed by atoms with E-state index >= 15 is 0 Å². The Morgan fingerprint density at radius 2 is 1.61 bits per heavy atom. The third-order valence-corrected chi connectivity index (χ3v) is 4.56. The molecule has 0 heterocycles. The van der Waals surface area contributed by atoms with Gasteiger partial charge in [0.2, 0.25) is 0 Å². The first-order chi connectivity index (χ1) is 14.2. The summed E-state index contributed by atoms with van der Waals surface area (Å²) < 4.78 is 107. The standard InChI is InChI=1S/C20H14F8N2O/c1-3-12-8-13(18(22,19(23,24)25)20(26,27)28)6-10(2)16(12)30-17(31)14-5-4-11(9-29)7-15(14)21/h4-8H,3H2,1-2H3,(H,30,31). The summed E-state index contributed by atoms with van der Waals surface area (Å²) in [5.41, 5.74) is -8.54. The predicted octanol–water partition coefficient (Wildman–Crippen LogP) is 6.11. The van der Waals surface area contributed by atoms with Crippen molar-refractivity contribution in [2.45, 2.75) is 38.3 Å². The number of nitrogens with zero attached hydrogens (tertiary/aromatic N) is 1. The maximum atomic E-state index is 14.4. The third kappa shape index (κ3) is 4.33. The van der Waals surface area contributed by atoms with Gasteiger partial charge >= 0.3 is 18.0 Å². The van der Waals surface area contributed by atoms with Crippen LogP contribution in [0.25, 0.3) is 0 Å². The summed E-state index contributed by atoms with van der Waals surface area (Å²) in [5.74, 6) is -2.11. The molecule has 166 valence electrons. The van der Waals surface area contributed by atoms with Crippen LogP contribution >= 0.6 is 0 Å². The van der Waals surface area contributed by atoms with Gasteiger partial charge in [-0.05, 0) is 48.7 Å². The molecule has 0 atom stereocenters. The Balaban J connectivity index is 2.56. The average Bonchev–Trinajstić information content (AvgIpc) is 2.66. The number of rotatable bonds is 4. The lowest BCUT2D eigenvalue weighted by Gasteiger charge is -2.31. The van der Waals surface area contributed by atoms with E-state index in [1.54, 1.807) is 6.07 Å². The van der Waals surface area contributed by atoms with E-state index in [0.29, 0.717) is 12.1 Å². The topological polar surface area (TPSA) is 52.9 Å². The summed E-state index contributed by atoms with van der Waals surface area (Å²) in [5, 5.41) is 11.0. The normalized spacial score (nSPS) is 12.4. The summed E-state index contributed by atoms with van der Waals surface area (Å²) in [4.78, 5) is 12.4. The smallest absolute Gasteiger partial charge is 0.321 e. The SMILES string of the molecule is CCc1cc(C(F)(C(F)(F)F)C(F)(F)F)cc(C)c1NC(=O)c1ccc(C#N)cc1F. The molecule has 1 amide bonds. The van der Waals surface area contributed by atoms with Crippen LogP contribution in [-0.4, -0.2) is 18.3 Å². The number of nitriles is 1. The molecule has 0 unspecified atom stereocenters. The van der Waals surface area contributed by atoms with Crippen molar-refractivity contribution in [1.29, 1.82) is 5.26 Å². The monoisotopic (exact) mass is 450 g/mol. The summed E-state index contributed by atoms with van der Waals surface area (Å²) in [7, 11) is 0. The highest BCUT2D eigenvalue weighted by atomic mass is 19.4. The molecular weight excluding hydrogens is 436 g/mol. The zero-order chi connectivity index (χ0) is 23.8. The number of amides is 1. The molecule has 0 saturated heterocycles. The maximum absolute atomic E-state index is 14.4. The molecule has 1 N–H and O–H groups in total. The average molecular weight is 450 g/mol. The Morgan fingerprint density at radius 1 is 1.03 bits per heavy atom. The summed E-state index contributed by atoms with van der Waals surface area (Å²) in [6, 6.07) is 5.31. The molecule has 0 radical (unpaired) electrons. The van der Waals surface area contributed by atoms with E-state index in [0.717, 1.165) is 25.1 Å². The molecule has 11 heteroatoms. The van der Waals surface area contributed by atoms with Crippen LogP contribution in [0.1, 0.15) is 39.5 Å². The Kier molecular flexibility index (Phi) is 6.35. The minimum Gasteiger partial charge on any atom is -0.321 e. The third-order valence-electron chi connectivity index (χ3n) is 4.56. The zero-order valence-corrected chi connectivity index (χ0v) is 16.0. The number of benzene rings is 2. The molecule has 2 rings (SSSR count). The van der Waals surface area contributed by atoms with Gasteiger partial charge in [-0.1, -0.05) is 13.0 Å². The number of alkyl halides is 7. The Bertz CT molecular complexity index is 1040. The first kappa shape index (κ1) is 24.1. The number of hydrogen-bond acceptors (Lipinski definition) is 2. The highest BCUT2D eigenvalue weighted by molar-refractivity contribution is 6.05. The maximum Gasteiger partial charge on any atom is 0.435 e. The van der Waals surface area contributed by atoms with Crippen molar-refractivity contribution in [2.24, 2.45) is 0 Å². The minimum absolute atomic E-state index is 0.0672. The molecule has 0 aromatic heterocycles. The van der Waals surface area contributed by atoms with Gasteiger partial charge in [0.05, 0.1) is 17.2 Å². The van der Waals surface area contributed by atoms with Crippen LogP contribution in [0.5, 0.6) is 0 Å². The Labute approximate surface area is 171 Å². The number of hydrogen-bond donors (Lipinski definition) is 1. The van der Waals surface area contributed by atoms with Gasteiger partial charge in [0.25, 0.3) is 5.91 Å². The van der Waals surface area contributed by atoms with E-state index in [-0.39, 0.29) is 28.8 Å². The van der Waals surface area contributed by atoms with Crippen molar-refractivity contribution in [3.63, 3.8) is 0 Å². The Hall–Kier alpha value is -3.16. The fourth-order valence-electron chi connectivity index (χ4n) is 2.95. The number of carbonyl (C=O) groups is 1. The van der Waals surface area contributed by atoms with Crippen molar-refractivity contribution >= 4 is 11.6 Å². The van der Waals surface area contributed by atoms with E-state index in [1.165, 1.54) is 6.92 Å². The second-order valence-corrected chi connectivity index (χ2v) is 6.60. The van der Waals surface area contributed by atoms with E-state index in [1.807, 2.05) is 0 Å². The molecule has 2 aromatic rings. The van der Waals surface area contributed by atoms with Gasteiger partial charge in [-0.15, -0.1) is 0 Å². The van der Waals surface area contributed by atoms with Crippen LogP contribution in [-0.2, 0) is 12.1 Å². The number of halogens is 8. The molecule has 0 aliphatic heterocycles. The van der Waals surface area contributed by atoms with Crippen LogP contribution in [0.15, 0.2) is 30.3 Å². The first-order valence-electron chi connectivity index (χ1n) is 8.64. The minimum atomic E-state index is -6.28. The van der Waals surface area contributed by atoms with Crippen LogP contribution in [0.4, 0.5) is 40.8 Å². The molecule has 31 heavy (non-hydrogen) atoms. The van der Waals surface area contributed by atoms with Crippen molar-refractivity contribution in [3.05, 3.63) is 64.0 Å². The van der Waals surface area contributed by atoms with Gasteiger partial charge in [0.15, 0.2) is 0 Å². The lowest BCUT2D eigenvalue weighted by Crippen LogP contribution is -2.50. The molecule has 0 spiro atoms. The first-order valence-corrected chi connectivity index (χ1v) is 8.64. The molecule has 0 saturated carbocycles. The molecule has 3 nitrogen and oxygen atoms in total. The van der Waals surface area contributed by atoms with Gasteiger partial charge in [-0.3, -0.25) is 4.79 Å². The van der Waals surface area contributed by atoms with Gasteiger partial charge < -0.3 is 5.32 Å². The van der Waals surface area contributed by atoms with Gasteiger partial charge in [0.1, 0.15) is 5.82 Å². The summed E-state index contributed by atoms with van der Waals surface area (Å²) >= 11 is 0. The molecule has 2 aromatic carbocycles. The second kappa shape index (κ2) is 8.17. The van der Waals surface area contributed by atoms with Crippen molar-refractivity contribution in [2.75, 3.05) is 5.32 Å². The van der Waals surface area contributed by atoms with Gasteiger partial charge in [-0.2, -0.15) is 31.6 Å². The quantitative estimate of drug-likeness (QED) is 0.572. The highest BCUT2D eigenvalue weighted by Crippen LogP contribution is 2.53. The zero-order valence-electron chi connectivity index (χ0n) is 16.0. The molecule has 0 fully saturated rings. The fraction of sp³-hybridized carbons (Fsp3) is 0.300. The largest absolute Gasteiger partial charge is 0.435 e. The van der Waals surface area contributed by atoms with Crippen molar-refractivity contribution in [3.8, 4) is 6.07 Å². The number of nitrogens with one attached hydrogen (secondary N) is 1. The summed E-state index contributed by atoms with van der Waals surface area (Å²) in [6.45, 7) is 2.46. The van der Waals surface area contributed by atoms with E-state index in [9.17, 15) is 39.9 Å². The predicted molar refractivity (Wildman–Crippen MR) is 94.5 cm³/mol. The summed E-state index contributed by atoms with van der Waals surface area (Å²) in [6.07, 6.45) is -12.7. The molecule has 0 aliphatic carbocycles. The fourth-order valence-corrected chi connectivity index (χ4v) is 2.95. The molecular formula is C20H14F8N2O. The van der Waals surface area contributed by atoms with Crippen LogP contribution in [0, 0.1) is 24.1 Å². The number of aryl methyl sites for hydroxylation is 2. The van der Waals surface area contributed by atoms with Gasteiger partial charge in [-0.25, -0.2) is 8.78 Å². The lowest BCUT2D eigenvalue weighted by atomic mass is 9.89. The number of carbonyl (C=O) groups excluding carboxylic acids is 1.